The first-order chi connectivity index (χ1) is 7.34. The van der Waals surface area contributed by atoms with E-state index in [0.29, 0.717) is 0 Å². The number of nitrogens with zero attached hydrogens (tertiary/aromatic N) is 1. The summed E-state index contributed by atoms with van der Waals surface area (Å²) in [5, 5.41) is 5.23. The van der Waals surface area contributed by atoms with Crippen molar-refractivity contribution in [2.45, 2.75) is 18.9 Å². The molecule has 2 aromatic rings. The van der Waals surface area contributed by atoms with Crippen molar-refractivity contribution < 1.29 is 0 Å². The molecule has 1 saturated heterocycles. The van der Waals surface area contributed by atoms with Crippen LogP contribution in [0.3, 0.4) is 0 Å². The fourth-order valence-corrected chi connectivity index (χ4v) is 2.70. The minimum atomic E-state index is -0.0151. The summed E-state index contributed by atoms with van der Waals surface area (Å²) in [6, 6.07) is 2.12. The minimum absolute atomic E-state index is 0.0151. The molecule has 0 amide bonds. The van der Waals surface area contributed by atoms with Crippen LogP contribution in [0.1, 0.15) is 24.7 Å². The molecule has 5 heteroatoms. The van der Waals surface area contributed by atoms with Gasteiger partial charge in [0.25, 0.3) is 5.56 Å². The van der Waals surface area contributed by atoms with Crippen LogP contribution >= 0.6 is 11.3 Å². The van der Waals surface area contributed by atoms with Crippen molar-refractivity contribution in [1.29, 1.82) is 0 Å². The number of hydrogen-bond acceptors (Lipinski definition) is 4. The number of rotatable bonds is 1. The highest BCUT2D eigenvalue weighted by molar-refractivity contribution is 7.17. The van der Waals surface area contributed by atoms with Crippen molar-refractivity contribution >= 4 is 21.6 Å². The van der Waals surface area contributed by atoms with Gasteiger partial charge in [0.2, 0.25) is 0 Å². The van der Waals surface area contributed by atoms with E-state index in [0.717, 1.165) is 35.4 Å². The lowest BCUT2D eigenvalue weighted by atomic mass is 10.2. The number of thiophene rings is 1. The lowest BCUT2D eigenvalue weighted by molar-refractivity contribution is 0.606. The van der Waals surface area contributed by atoms with Gasteiger partial charge in [-0.1, -0.05) is 0 Å². The third-order valence-electron chi connectivity index (χ3n) is 2.72. The molecule has 78 valence electrons. The van der Waals surface area contributed by atoms with E-state index in [9.17, 15) is 4.79 Å². The molecule has 1 atom stereocenters. The number of nitrogens with one attached hydrogen (secondary N) is 2. The Hall–Kier alpha value is -1.20. The smallest absolute Gasteiger partial charge is 0.268 e. The molecule has 2 aromatic heterocycles. The second-order valence-corrected chi connectivity index (χ2v) is 4.65. The van der Waals surface area contributed by atoms with Gasteiger partial charge >= 0.3 is 0 Å². The van der Waals surface area contributed by atoms with E-state index in [4.69, 9.17) is 0 Å². The first-order valence-corrected chi connectivity index (χ1v) is 5.93. The lowest BCUT2D eigenvalue weighted by Crippen LogP contribution is -2.20. The van der Waals surface area contributed by atoms with Crippen LogP contribution in [0.25, 0.3) is 10.2 Å². The third-order valence-corrected chi connectivity index (χ3v) is 3.63. The maximum atomic E-state index is 11.7. The summed E-state index contributed by atoms with van der Waals surface area (Å²) in [5.41, 5.74) is 0.797. The number of H-pyrrole nitrogens is 1. The molecule has 0 radical (unpaired) electrons. The molecule has 3 rings (SSSR count). The standard InChI is InChI=1S/C10H11N3OS/c14-10-8-6(3-5-15-8)12-9(13-10)7-2-1-4-11-7/h3,5,7,11H,1-2,4H2,(H,12,13,14). The molecule has 0 spiro atoms. The summed E-state index contributed by atoms with van der Waals surface area (Å²) in [4.78, 5) is 19.0. The second-order valence-electron chi connectivity index (χ2n) is 3.74. The maximum absolute atomic E-state index is 11.7. The largest absolute Gasteiger partial charge is 0.308 e. The zero-order chi connectivity index (χ0) is 10.3. The normalized spacial score (nSPS) is 21.2. The highest BCUT2D eigenvalue weighted by Crippen LogP contribution is 2.21. The first-order valence-electron chi connectivity index (χ1n) is 5.05. The summed E-state index contributed by atoms with van der Waals surface area (Å²) >= 11 is 1.44. The summed E-state index contributed by atoms with van der Waals surface area (Å²) in [6.07, 6.45) is 2.20. The Labute approximate surface area is 90.4 Å². The van der Waals surface area contributed by atoms with Gasteiger partial charge in [-0.2, -0.15) is 0 Å². The molecule has 0 bridgehead atoms. The highest BCUT2D eigenvalue weighted by atomic mass is 32.1. The highest BCUT2D eigenvalue weighted by Gasteiger charge is 2.19. The fourth-order valence-electron chi connectivity index (χ4n) is 1.97. The Balaban J connectivity index is 2.15. The van der Waals surface area contributed by atoms with Crippen LogP contribution in [-0.4, -0.2) is 16.5 Å². The molecule has 0 saturated carbocycles. The summed E-state index contributed by atoms with van der Waals surface area (Å²) in [6.45, 7) is 1.01. The van der Waals surface area contributed by atoms with Gasteiger partial charge < -0.3 is 10.3 Å². The first kappa shape index (κ1) is 9.06. The topological polar surface area (TPSA) is 57.8 Å². The maximum Gasteiger partial charge on any atom is 0.268 e. The molecule has 1 fully saturated rings. The van der Waals surface area contributed by atoms with Crippen molar-refractivity contribution in [3.05, 3.63) is 27.6 Å². The monoisotopic (exact) mass is 221 g/mol. The van der Waals surface area contributed by atoms with Crippen molar-refractivity contribution in [2.75, 3.05) is 6.54 Å². The molecule has 3 heterocycles. The Morgan fingerprint density at radius 3 is 3.27 bits per heavy atom. The SMILES string of the molecule is O=c1[nH]c(C2CCCN2)nc2ccsc12. The molecule has 0 aromatic carbocycles. The zero-order valence-corrected chi connectivity index (χ0v) is 8.93. The van der Waals surface area contributed by atoms with Crippen LogP contribution in [0.15, 0.2) is 16.2 Å². The predicted molar refractivity (Wildman–Crippen MR) is 60.2 cm³/mol. The van der Waals surface area contributed by atoms with Crippen LogP contribution in [0.5, 0.6) is 0 Å². The van der Waals surface area contributed by atoms with E-state index >= 15 is 0 Å². The number of hydrogen-bond donors (Lipinski definition) is 2. The van der Waals surface area contributed by atoms with Crippen LogP contribution in [0, 0.1) is 0 Å². The zero-order valence-electron chi connectivity index (χ0n) is 8.12. The van der Waals surface area contributed by atoms with Crippen LogP contribution in [0.2, 0.25) is 0 Å². The third kappa shape index (κ3) is 1.48. The van der Waals surface area contributed by atoms with Crippen LogP contribution < -0.4 is 10.9 Å². The number of fused-ring (bicyclic) bond motifs is 1. The average Bonchev–Trinajstić information content (AvgIpc) is 2.88. The molecule has 1 aliphatic heterocycles. The molecule has 15 heavy (non-hydrogen) atoms. The second kappa shape index (κ2) is 3.43. The summed E-state index contributed by atoms with van der Waals surface area (Å²) < 4.78 is 0.719. The molecule has 1 unspecified atom stereocenters. The van der Waals surface area contributed by atoms with E-state index in [1.54, 1.807) is 0 Å². The van der Waals surface area contributed by atoms with E-state index in [-0.39, 0.29) is 11.6 Å². The van der Waals surface area contributed by atoms with E-state index < -0.39 is 0 Å². The Morgan fingerprint density at radius 1 is 1.53 bits per heavy atom. The Kier molecular flexibility index (Phi) is 2.07. The predicted octanol–water partition coefficient (Wildman–Crippen LogP) is 1.41. The van der Waals surface area contributed by atoms with Crippen molar-refractivity contribution in [2.24, 2.45) is 0 Å². The minimum Gasteiger partial charge on any atom is -0.308 e. The van der Waals surface area contributed by atoms with Crippen molar-refractivity contribution in [3.8, 4) is 0 Å². The average molecular weight is 221 g/mol. The Bertz CT molecular complexity index is 539. The van der Waals surface area contributed by atoms with Gasteiger partial charge in [0.05, 0.1) is 11.6 Å². The van der Waals surface area contributed by atoms with E-state index in [1.807, 2.05) is 11.4 Å². The van der Waals surface area contributed by atoms with Gasteiger partial charge in [0, 0.05) is 0 Å². The molecular formula is C10H11N3OS. The van der Waals surface area contributed by atoms with Gasteiger partial charge in [-0.15, -0.1) is 11.3 Å². The number of aromatic amines is 1. The molecular weight excluding hydrogens is 210 g/mol. The Morgan fingerprint density at radius 2 is 2.47 bits per heavy atom. The van der Waals surface area contributed by atoms with Gasteiger partial charge in [0.15, 0.2) is 0 Å². The van der Waals surface area contributed by atoms with Gasteiger partial charge in [-0.25, -0.2) is 4.98 Å². The van der Waals surface area contributed by atoms with Gasteiger partial charge in [-0.05, 0) is 30.8 Å². The fraction of sp³-hybridized carbons (Fsp3) is 0.400. The van der Waals surface area contributed by atoms with Gasteiger partial charge in [0.1, 0.15) is 10.5 Å². The van der Waals surface area contributed by atoms with Gasteiger partial charge in [-0.3, -0.25) is 4.79 Å². The quantitative estimate of drug-likeness (QED) is 0.765. The van der Waals surface area contributed by atoms with E-state index in [1.165, 1.54) is 11.3 Å². The van der Waals surface area contributed by atoms with E-state index in [2.05, 4.69) is 15.3 Å². The molecule has 2 N–H and O–H groups in total. The van der Waals surface area contributed by atoms with Crippen molar-refractivity contribution in [1.82, 2.24) is 15.3 Å². The summed E-state index contributed by atoms with van der Waals surface area (Å²) in [7, 11) is 0. The number of aromatic nitrogens is 2. The molecule has 0 aliphatic carbocycles. The molecule has 1 aliphatic rings. The van der Waals surface area contributed by atoms with Crippen molar-refractivity contribution in [3.63, 3.8) is 0 Å². The van der Waals surface area contributed by atoms with Crippen LogP contribution in [0.4, 0.5) is 0 Å². The van der Waals surface area contributed by atoms with Crippen LogP contribution in [-0.2, 0) is 0 Å². The lowest BCUT2D eigenvalue weighted by Gasteiger charge is -2.08. The summed E-state index contributed by atoms with van der Waals surface area (Å²) in [5.74, 6) is 0.781. The molecule has 4 nitrogen and oxygen atoms in total.